The van der Waals surface area contributed by atoms with Gasteiger partial charge in [-0.3, -0.25) is 0 Å². The number of alkyl halides is 2. The minimum Gasteiger partial charge on any atom is -0.444 e. The third-order valence-corrected chi connectivity index (χ3v) is 2.32. The van der Waals surface area contributed by atoms with Crippen LogP contribution in [0.1, 0.15) is 32.8 Å². The van der Waals surface area contributed by atoms with Gasteiger partial charge >= 0.3 is 12.7 Å². The van der Waals surface area contributed by atoms with Crippen molar-refractivity contribution in [3.05, 3.63) is 29.6 Å². The summed E-state index contributed by atoms with van der Waals surface area (Å²) in [6, 6.07) is 3.56. The number of rotatable bonds is 4. The van der Waals surface area contributed by atoms with Crippen LogP contribution in [0.15, 0.2) is 18.2 Å². The molecule has 7 heteroatoms. The molecular formula is C16H18F3NO3. The van der Waals surface area contributed by atoms with Gasteiger partial charge in [0.05, 0.1) is 0 Å². The highest BCUT2D eigenvalue weighted by molar-refractivity contribution is 5.67. The normalized spacial score (nSPS) is 10.7. The predicted octanol–water partition coefficient (Wildman–Crippen LogP) is 3.69. The summed E-state index contributed by atoms with van der Waals surface area (Å²) in [6.07, 6.45) is -0.395. The Morgan fingerprint density at radius 2 is 2.04 bits per heavy atom. The first-order valence-electron chi connectivity index (χ1n) is 6.88. The molecule has 0 atom stereocenters. The van der Waals surface area contributed by atoms with Gasteiger partial charge in [-0.15, -0.1) is 0 Å². The lowest BCUT2D eigenvalue weighted by Crippen LogP contribution is -2.32. The zero-order chi connectivity index (χ0) is 17.5. The maximum Gasteiger partial charge on any atom is 0.407 e. The summed E-state index contributed by atoms with van der Waals surface area (Å²) in [5, 5.41) is 2.48. The molecule has 1 rings (SSSR count). The number of halogens is 3. The molecule has 0 bridgehead atoms. The molecule has 23 heavy (non-hydrogen) atoms. The molecule has 0 aliphatic carbocycles. The smallest absolute Gasteiger partial charge is 0.407 e. The number of nitrogens with one attached hydrogen (secondary N) is 1. The van der Waals surface area contributed by atoms with Crippen LogP contribution in [0.5, 0.6) is 5.75 Å². The third-order valence-electron chi connectivity index (χ3n) is 2.32. The molecule has 1 aromatic carbocycles. The van der Waals surface area contributed by atoms with Gasteiger partial charge in [0.25, 0.3) is 0 Å². The van der Waals surface area contributed by atoms with Crippen LogP contribution in [0.3, 0.4) is 0 Å². The Morgan fingerprint density at radius 3 is 2.65 bits per heavy atom. The number of hydrogen-bond acceptors (Lipinski definition) is 3. The number of carbonyl (C=O) groups is 1. The fourth-order valence-electron chi connectivity index (χ4n) is 1.51. The van der Waals surface area contributed by atoms with Crippen LogP contribution in [-0.2, 0) is 4.74 Å². The number of amides is 1. The highest BCUT2D eigenvalue weighted by Crippen LogP contribution is 2.22. The molecule has 0 unspecified atom stereocenters. The number of alkyl carbamates (subject to hydrolysis) is 1. The van der Waals surface area contributed by atoms with Gasteiger partial charge in [0.2, 0.25) is 0 Å². The number of hydrogen-bond donors (Lipinski definition) is 1. The average molecular weight is 329 g/mol. The summed E-state index contributed by atoms with van der Waals surface area (Å²) >= 11 is 0. The number of ether oxygens (including phenoxy) is 2. The average Bonchev–Trinajstić information content (AvgIpc) is 2.38. The molecule has 4 nitrogen and oxygen atoms in total. The lowest BCUT2D eigenvalue weighted by Gasteiger charge is -2.19. The maximum absolute atomic E-state index is 13.6. The Hall–Kier alpha value is -2.36. The van der Waals surface area contributed by atoms with Crippen molar-refractivity contribution in [1.82, 2.24) is 5.32 Å². The van der Waals surface area contributed by atoms with E-state index in [0.717, 1.165) is 6.07 Å². The first kappa shape index (κ1) is 18.7. The highest BCUT2D eigenvalue weighted by Gasteiger charge is 2.15. The highest BCUT2D eigenvalue weighted by atomic mass is 19.3. The van der Waals surface area contributed by atoms with Gasteiger partial charge in [-0.05, 0) is 32.9 Å². The second-order valence-corrected chi connectivity index (χ2v) is 5.47. The van der Waals surface area contributed by atoms with Crippen molar-refractivity contribution in [1.29, 1.82) is 0 Å². The lowest BCUT2D eigenvalue weighted by molar-refractivity contribution is -0.0501. The summed E-state index contributed by atoms with van der Waals surface area (Å²) in [4.78, 5) is 11.4. The molecule has 1 aromatic rings. The quantitative estimate of drug-likeness (QED) is 0.677. The predicted molar refractivity (Wildman–Crippen MR) is 78.8 cm³/mol. The molecule has 1 N–H and O–H groups in total. The maximum atomic E-state index is 13.6. The summed E-state index contributed by atoms with van der Waals surface area (Å²) in [5.74, 6) is 3.94. The van der Waals surface area contributed by atoms with E-state index in [9.17, 15) is 18.0 Å². The zero-order valence-electron chi connectivity index (χ0n) is 13.1. The molecule has 126 valence electrons. The summed E-state index contributed by atoms with van der Waals surface area (Å²) in [7, 11) is 0. The van der Waals surface area contributed by atoms with Crippen LogP contribution in [0, 0.1) is 17.7 Å². The van der Waals surface area contributed by atoms with Crippen molar-refractivity contribution in [3.63, 3.8) is 0 Å². The minimum absolute atomic E-state index is 0.182. The molecule has 0 spiro atoms. The minimum atomic E-state index is -3.06. The zero-order valence-corrected chi connectivity index (χ0v) is 13.1. The standard InChI is InChI=1S/C16H18F3NO3/c1-16(2,3)23-15(21)20-10-5-4-7-11-12(17)8-6-9-13(11)22-14(18)19/h6,8-9,14H,5,10H2,1-3H3,(H,20,21). The van der Waals surface area contributed by atoms with E-state index >= 15 is 0 Å². The van der Waals surface area contributed by atoms with Gasteiger partial charge in [0, 0.05) is 13.0 Å². The molecule has 0 radical (unpaired) electrons. The molecule has 0 heterocycles. The summed E-state index contributed by atoms with van der Waals surface area (Å²) in [6.45, 7) is 2.31. The van der Waals surface area contributed by atoms with E-state index in [4.69, 9.17) is 4.74 Å². The van der Waals surface area contributed by atoms with E-state index in [-0.39, 0.29) is 24.3 Å². The Morgan fingerprint density at radius 1 is 1.35 bits per heavy atom. The monoisotopic (exact) mass is 329 g/mol. The molecule has 1 amide bonds. The molecule has 0 aliphatic rings. The molecule has 0 fully saturated rings. The van der Waals surface area contributed by atoms with Gasteiger partial charge in [-0.25, -0.2) is 9.18 Å². The van der Waals surface area contributed by atoms with E-state index in [1.807, 2.05) is 0 Å². The molecule has 0 saturated carbocycles. The van der Waals surface area contributed by atoms with Crippen molar-refractivity contribution in [2.45, 2.75) is 39.4 Å². The van der Waals surface area contributed by atoms with E-state index in [2.05, 4.69) is 21.9 Å². The second kappa shape index (κ2) is 8.32. The van der Waals surface area contributed by atoms with Crippen LogP contribution >= 0.6 is 0 Å². The Bertz CT molecular complexity index is 601. The lowest BCUT2D eigenvalue weighted by atomic mass is 10.2. The number of carbonyl (C=O) groups excluding carboxylic acids is 1. The van der Waals surface area contributed by atoms with Crippen molar-refractivity contribution in [2.24, 2.45) is 0 Å². The Labute approximate surface area is 133 Å². The van der Waals surface area contributed by atoms with Gasteiger partial charge in [-0.1, -0.05) is 17.9 Å². The molecular weight excluding hydrogens is 311 g/mol. The first-order valence-corrected chi connectivity index (χ1v) is 6.88. The van der Waals surface area contributed by atoms with E-state index in [1.54, 1.807) is 20.8 Å². The fourth-order valence-corrected chi connectivity index (χ4v) is 1.51. The summed E-state index contributed by atoms with van der Waals surface area (Å²) in [5.41, 5.74) is -0.852. The molecule has 0 aliphatic heterocycles. The first-order chi connectivity index (χ1) is 10.7. The van der Waals surface area contributed by atoms with E-state index in [1.165, 1.54) is 12.1 Å². The SMILES string of the molecule is CC(C)(C)OC(=O)NCCC#Cc1c(F)cccc1OC(F)F. The van der Waals surface area contributed by atoms with Crippen LogP contribution in [-0.4, -0.2) is 24.9 Å². The van der Waals surface area contributed by atoms with E-state index < -0.39 is 24.1 Å². The van der Waals surface area contributed by atoms with Crippen LogP contribution < -0.4 is 10.1 Å². The Kier molecular flexibility index (Phi) is 6.76. The van der Waals surface area contributed by atoms with Crippen LogP contribution in [0.2, 0.25) is 0 Å². The Balaban J connectivity index is 2.59. The van der Waals surface area contributed by atoms with Gasteiger partial charge in [0.15, 0.2) is 0 Å². The van der Waals surface area contributed by atoms with E-state index in [0.29, 0.717) is 0 Å². The second-order valence-electron chi connectivity index (χ2n) is 5.47. The van der Waals surface area contributed by atoms with Crippen molar-refractivity contribution in [2.75, 3.05) is 6.54 Å². The molecule has 0 saturated heterocycles. The van der Waals surface area contributed by atoms with Crippen molar-refractivity contribution in [3.8, 4) is 17.6 Å². The topological polar surface area (TPSA) is 47.6 Å². The van der Waals surface area contributed by atoms with Gasteiger partial charge < -0.3 is 14.8 Å². The van der Waals surface area contributed by atoms with Crippen molar-refractivity contribution >= 4 is 6.09 Å². The molecule has 0 aromatic heterocycles. The third kappa shape index (κ3) is 7.45. The fraction of sp³-hybridized carbons (Fsp3) is 0.438. The van der Waals surface area contributed by atoms with Crippen LogP contribution in [0.4, 0.5) is 18.0 Å². The van der Waals surface area contributed by atoms with Gasteiger partial charge in [0.1, 0.15) is 22.7 Å². The van der Waals surface area contributed by atoms with Crippen molar-refractivity contribution < 1.29 is 27.4 Å². The van der Waals surface area contributed by atoms with Crippen LogP contribution in [0.25, 0.3) is 0 Å². The largest absolute Gasteiger partial charge is 0.444 e. The number of benzene rings is 1. The summed E-state index contributed by atoms with van der Waals surface area (Å²) < 4.78 is 47.3. The van der Waals surface area contributed by atoms with Gasteiger partial charge in [-0.2, -0.15) is 8.78 Å².